The third-order valence-electron chi connectivity index (χ3n) is 4.70. The van der Waals surface area contributed by atoms with E-state index in [0.29, 0.717) is 6.54 Å². The van der Waals surface area contributed by atoms with Gasteiger partial charge in [-0.2, -0.15) is 18.2 Å². The highest BCUT2D eigenvalue weighted by Crippen LogP contribution is 2.38. The standard InChI is InChI=1S/C21H26F3N3O2/c1-4-27(15-9-11-17(12-10-15)28-14(2)3)20-25-13-18(21(22,23)24)19(26-20)29-16-7-5-6-8-16/h9-14,16H,4-8H2,1-3H3. The molecule has 29 heavy (non-hydrogen) atoms. The molecule has 5 nitrogen and oxygen atoms in total. The Balaban J connectivity index is 1.90. The van der Waals surface area contributed by atoms with Crippen LogP contribution in [0.15, 0.2) is 30.5 Å². The second-order valence-electron chi connectivity index (χ2n) is 7.32. The van der Waals surface area contributed by atoms with Gasteiger partial charge in [-0.1, -0.05) is 0 Å². The number of hydrogen-bond donors (Lipinski definition) is 0. The van der Waals surface area contributed by atoms with Gasteiger partial charge < -0.3 is 14.4 Å². The van der Waals surface area contributed by atoms with Crippen LogP contribution in [0, 0.1) is 0 Å². The van der Waals surface area contributed by atoms with Crippen molar-refractivity contribution in [3.63, 3.8) is 0 Å². The van der Waals surface area contributed by atoms with Crippen molar-refractivity contribution in [2.24, 2.45) is 0 Å². The van der Waals surface area contributed by atoms with Crippen molar-refractivity contribution in [3.8, 4) is 11.6 Å². The van der Waals surface area contributed by atoms with E-state index in [1.807, 2.05) is 45.0 Å². The van der Waals surface area contributed by atoms with E-state index in [4.69, 9.17) is 9.47 Å². The van der Waals surface area contributed by atoms with Crippen LogP contribution in [0.3, 0.4) is 0 Å². The second kappa shape index (κ2) is 8.88. The average Bonchev–Trinajstić information content (AvgIpc) is 3.15. The monoisotopic (exact) mass is 409 g/mol. The zero-order chi connectivity index (χ0) is 21.0. The van der Waals surface area contributed by atoms with Crippen LogP contribution in [0.4, 0.5) is 24.8 Å². The Hall–Kier alpha value is -2.51. The molecule has 1 aromatic carbocycles. The van der Waals surface area contributed by atoms with E-state index in [1.165, 1.54) is 0 Å². The molecule has 1 aliphatic rings. The minimum atomic E-state index is -4.57. The van der Waals surface area contributed by atoms with E-state index in [9.17, 15) is 13.2 Å². The molecule has 0 bridgehead atoms. The molecule has 1 aromatic heterocycles. The molecule has 3 rings (SSSR count). The number of benzene rings is 1. The average molecular weight is 409 g/mol. The van der Waals surface area contributed by atoms with Gasteiger partial charge in [0.2, 0.25) is 11.8 Å². The summed E-state index contributed by atoms with van der Waals surface area (Å²) in [7, 11) is 0. The summed E-state index contributed by atoms with van der Waals surface area (Å²) in [5, 5.41) is 0. The van der Waals surface area contributed by atoms with Gasteiger partial charge in [0.15, 0.2) is 0 Å². The summed E-state index contributed by atoms with van der Waals surface area (Å²) < 4.78 is 51.6. The van der Waals surface area contributed by atoms with Crippen LogP contribution in [-0.4, -0.2) is 28.7 Å². The summed E-state index contributed by atoms with van der Waals surface area (Å²) in [5.41, 5.74) is -0.180. The minimum Gasteiger partial charge on any atom is -0.491 e. The Kier molecular flexibility index (Phi) is 6.49. The molecule has 0 unspecified atom stereocenters. The fourth-order valence-corrected chi connectivity index (χ4v) is 3.35. The number of halogens is 3. The lowest BCUT2D eigenvalue weighted by Gasteiger charge is -2.23. The molecule has 0 aliphatic heterocycles. The van der Waals surface area contributed by atoms with E-state index < -0.39 is 17.6 Å². The predicted octanol–water partition coefficient (Wildman–Crippen LogP) is 5.76. The molecular weight excluding hydrogens is 383 g/mol. The number of ether oxygens (including phenoxy) is 2. The lowest BCUT2D eigenvalue weighted by atomic mass is 10.2. The van der Waals surface area contributed by atoms with Crippen LogP contribution in [0.2, 0.25) is 0 Å². The molecular formula is C21H26F3N3O2. The van der Waals surface area contributed by atoms with Crippen LogP contribution in [0.5, 0.6) is 11.6 Å². The van der Waals surface area contributed by atoms with Gasteiger partial charge in [-0.15, -0.1) is 0 Å². The highest BCUT2D eigenvalue weighted by atomic mass is 19.4. The van der Waals surface area contributed by atoms with E-state index >= 15 is 0 Å². The quantitative estimate of drug-likeness (QED) is 0.582. The van der Waals surface area contributed by atoms with Crippen molar-refractivity contribution >= 4 is 11.6 Å². The van der Waals surface area contributed by atoms with Crippen LogP contribution in [0.1, 0.15) is 52.0 Å². The maximum Gasteiger partial charge on any atom is 0.423 e. The third kappa shape index (κ3) is 5.31. The van der Waals surface area contributed by atoms with Crippen molar-refractivity contribution < 1.29 is 22.6 Å². The maximum absolute atomic E-state index is 13.4. The number of anilines is 2. The van der Waals surface area contributed by atoms with Crippen LogP contribution < -0.4 is 14.4 Å². The van der Waals surface area contributed by atoms with Gasteiger partial charge >= 0.3 is 6.18 Å². The summed E-state index contributed by atoms with van der Waals surface area (Å²) in [5.74, 6) is 0.497. The lowest BCUT2D eigenvalue weighted by Crippen LogP contribution is -2.22. The minimum absolute atomic E-state index is 0.0525. The highest BCUT2D eigenvalue weighted by molar-refractivity contribution is 5.58. The zero-order valence-corrected chi connectivity index (χ0v) is 16.9. The number of rotatable bonds is 7. The predicted molar refractivity (Wildman–Crippen MR) is 105 cm³/mol. The molecule has 0 saturated heterocycles. The smallest absolute Gasteiger partial charge is 0.423 e. The molecule has 8 heteroatoms. The summed E-state index contributed by atoms with van der Waals surface area (Å²) in [4.78, 5) is 9.88. The van der Waals surface area contributed by atoms with Gasteiger partial charge in [0.25, 0.3) is 0 Å². The van der Waals surface area contributed by atoms with Crippen LogP contribution in [-0.2, 0) is 6.18 Å². The van der Waals surface area contributed by atoms with Crippen molar-refractivity contribution in [1.82, 2.24) is 9.97 Å². The van der Waals surface area contributed by atoms with Crippen LogP contribution >= 0.6 is 0 Å². The first-order chi connectivity index (χ1) is 13.8. The lowest BCUT2D eigenvalue weighted by molar-refractivity contribution is -0.139. The SMILES string of the molecule is CCN(c1ccc(OC(C)C)cc1)c1ncc(C(F)(F)F)c(OC2CCCC2)n1. The fourth-order valence-electron chi connectivity index (χ4n) is 3.35. The molecule has 0 spiro atoms. The third-order valence-corrected chi connectivity index (χ3v) is 4.70. The molecule has 2 aromatic rings. The molecule has 1 fully saturated rings. The summed E-state index contributed by atoms with van der Waals surface area (Å²) >= 11 is 0. The first-order valence-corrected chi connectivity index (χ1v) is 9.93. The van der Waals surface area contributed by atoms with Crippen molar-refractivity contribution in [1.29, 1.82) is 0 Å². The number of hydrogen-bond acceptors (Lipinski definition) is 5. The van der Waals surface area contributed by atoms with E-state index in [0.717, 1.165) is 43.3 Å². The number of nitrogens with zero attached hydrogens (tertiary/aromatic N) is 3. The molecule has 0 atom stereocenters. The zero-order valence-electron chi connectivity index (χ0n) is 16.9. The highest BCUT2D eigenvalue weighted by Gasteiger charge is 2.37. The molecule has 0 radical (unpaired) electrons. The topological polar surface area (TPSA) is 47.5 Å². The van der Waals surface area contributed by atoms with E-state index in [-0.39, 0.29) is 18.2 Å². The van der Waals surface area contributed by atoms with Crippen molar-refractivity contribution in [2.45, 2.75) is 64.8 Å². The second-order valence-corrected chi connectivity index (χ2v) is 7.32. The molecule has 1 saturated carbocycles. The fraction of sp³-hybridized carbons (Fsp3) is 0.524. The Bertz CT molecular complexity index is 804. The van der Waals surface area contributed by atoms with Gasteiger partial charge in [0.1, 0.15) is 17.4 Å². The van der Waals surface area contributed by atoms with Gasteiger partial charge in [0, 0.05) is 18.4 Å². The van der Waals surface area contributed by atoms with Crippen LogP contribution in [0.25, 0.3) is 0 Å². The number of aromatic nitrogens is 2. The Morgan fingerprint density at radius 2 is 1.79 bits per heavy atom. The Labute approximate surface area is 168 Å². The largest absolute Gasteiger partial charge is 0.491 e. The first kappa shape index (κ1) is 21.2. The van der Waals surface area contributed by atoms with E-state index in [1.54, 1.807) is 4.90 Å². The Morgan fingerprint density at radius 1 is 1.14 bits per heavy atom. The molecule has 1 heterocycles. The van der Waals surface area contributed by atoms with Gasteiger partial charge in [-0.05, 0) is 70.7 Å². The number of alkyl halides is 3. The summed E-state index contributed by atoms with van der Waals surface area (Å²) in [6, 6.07) is 7.30. The van der Waals surface area contributed by atoms with E-state index in [2.05, 4.69) is 9.97 Å². The summed E-state index contributed by atoms with van der Waals surface area (Å²) in [6.07, 6.45) is -0.550. The first-order valence-electron chi connectivity index (χ1n) is 9.93. The molecule has 0 N–H and O–H groups in total. The normalized spacial score (nSPS) is 15.0. The van der Waals surface area contributed by atoms with Gasteiger partial charge in [-0.3, -0.25) is 0 Å². The molecule has 158 valence electrons. The van der Waals surface area contributed by atoms with Gasteiger partial charge in [0.05, 0.1) is 6.10 Å². The molecule has 0 amide bonds. The maximum atomic E-state index is 13.4. The van der Waals surface area contributed by atoms with Gasteiger partial charge in [-0.25, -0.2) is 4.98 Å². The molecule has 1 aliphatic carbocycles. The Morgan fingerprint density at radius 3 is 2.34 bits per heavy atom. The van der Waals surface area contributed by atoms with Crippen molar-refractivity contribution in [2.75, 3.05) is 11.4 Å². The summed E-state index contributed by atoms with van der Waals surface area (Å²) in [6.45, 7) is 6.25. The van der Waals surface area contributed by atoms with Crippen molar-refractivity contribution in [3.05, 3.63) is 36.0 Å².